The molecule has 1 aromatic heterocycles. The van der Waals surface area contributed by atoms with Crippen molar-refractivity contribution >= 4 is 23.4 Å². The smallest absolute Gasteiger partial charge is 0.101 e. The lowest BCUT2D eigenvalue weighted by Gasteiger charge is -2.11. The molecule has 0 fully saturated rings. The molecule has 1 N–H and O–H groups in total. The van der Waals surface area contributed by atoms with Crippen LogP contribution in [-0.2, 0) is 6.54 Å². The van der Waals surface area contributed by atoms with Gasteiger partial charge < -0.3 is 5.32 Å². The molecule has 0 saturated heterocycles. The zero-order valence-corrected chi connectivity index (χ0v) is 14.3. The van der Waals surface area contributed by atoms with Gasteiger partial charge in [-0.2, -0.15) is 0 Å². The molecule has 4 heteroatoms. The lowest BCUT2D eigenvalue weighted by Crippen LogP contribution is -2.14. The number of aryl methyl sites for hydroxylation is 2. The van der Waals surface area contributed by atoms with E-state index in [-0.39, 0.29) is 0 Å². The van der Waals surface area contributed by atoms with Gasteiger partial charge in [-0.15, -0.1) is 0 Å². The largest absolute Gasteiger partial charge is 0.313 e. The summed E-state index contributed by atoms with van der Waals surface area (Å²) in [6.07, 6.45) is 1.13. The Labute approximate surface area is 136 Å². The highest BCUT2D eigenvalue weighted by Gasteiger charge is 2.07. The van der Waals surface area contributed by atoms with Crippen molar-refractivity contribution in [3.63, 3.8) is 0 Å². The van der Waals surface area contributed by atoms with Gasteiger partial charge in [-0.05, 0) is 62.2 Å². The molecule has 1 heterocycles. The summed E-state index contributed by atoms with van der Waals surface area (Å²) in [7, 11) is 0. The number of pyridine rings is 1. The quantitative estimate of drug-likeness (QED) is 0.758. The van der Waals surface area contributed by atoms with Crippen molar-refractivity contribution in [2.45, 2.75) is 43.7 Å². The Morgan fingerprint density at radius 3 is 2.71 bits per heavy atom. The van der Waals surface area contributed by atoms with Crippen LogP contribution in [0.5, 0.6) is 0 Å². The molecule has 0 radical (unpaired) electrons. The molecular weight excluding hydrogens is 300 g/mol. The topological polar surface area (TPSA) is 24.9 Å². The van der Waals surface area contributed by atoms with Crippen LogP contribution in [0, 0.1) is 13.8 Å². The number of nitrogens with one attached hydrogen (secondary N) is 1. The first-order valence-electron chi connectivity index (χ1n) is 7.20. The van der Waals surface area contributed by atoms with E-state index in [1.165, 1.54) is 16.0 Å². The molecule has 0 atom stereocenters. The average molecular weight is 321 g/mol. The maximum Gasteiger partial charge on any atom is 0.101 e. The van der Waals surface area contributed by atoms with E-state index in [0.29, 0.717) is 0 Å². The minimum absolute atomic E-state index is 0.765. The summed E-state index contributed by atoms with van der Waals surface area (Å²) in [4.78, 5) is 5.77. The molecule has 0 aliphatic carbocycles. The molecule has 0 amide bonds. The van der Waals surface area contributed by atoms with Crippen LogP contribution in [0.3, 0.4) is 0 Å². The van der Waals surface area contributed by atoms with E-state index >= 15 is 0 Å². The number of aromatic nitrogens is 1. The summed E-state index contributed by atoms with van der Waals surface area (Å²) in [5, 5.41) is 5.23. The molecule has 2 aromatic rings. The maximum absolute atomic E-state index is 6.15. The molecule has 0 spiro atoms. The lowest BCUT2D eigenvalue weighted by molar-refractivity contribution is 0.669. The minimum Gasteiger partial charge on any atom is -0.313 e. The van der Waals surface area contributed by atoms with E-state index in [9.17, 15) is 0 Å². The standard InChI is InChI=1S/C17H21ClN2S/c1-4-7-19-11-14-5-6-15(18)10-16(14)21-17-9-12(2)8-13(3)20-17/h5-6,8-10,19H,4,7,11H2,1-3H3. The van der Waals surface area contributed by atoms with Gasteiger partial charge in [-0.3, -0.25) is 0 Å². The van der Waals surface area contributed by atoms with Gasteiger partial charge in [0.05, 0.1) is 0 Å². The Kier molecular flexibility index (Phi) is 6.09. The number of halogens is 1. The highest BCUT2D eigenvalue weighted by atomic mass is 35.5. The monoisotopic (exact) mass is 320 g/mol. The second kappa shape index (κ2) is 7.83. The lowest BCUT2D eigenvalue weighted by atomic mass is 10.2. The van der Waals surface area contributed by atoms with Crippen LogP contribution >= 0.6 is 23.4 Å². The predicted octanol–water partition coefficient (Wildman–Crippen LogP) is 5.00. The average Bonchev–Trinajstić information content (AvgIpc) is 2.40. The molecule has 0 bridgehead atoms. The fourth-order valence-electron chi connectivity index (χ4n) is 2.14. The van der Waals surface area contributed by atoms with E-state index in [1.807, 2.05) is 19.1 Å². The summed E-state index contributed by atoms with van der Waals surface area (Å²) >= 11 is 7.83. The van der Waals surface area contributed by atoms with Gasteiger partial charge in [-0.1, -0.05) is 36.4 Å². The van der Waals surface area contributed by atoms with E-state index in [4.69, 9.17) is 11.6 Å². The zero-order valence-electron chi connectivity index (χ0n) is 12.7. The van der Waals surface area contributed by atoms with Crippen molar-refractivity contribution in [1.29, 1.82) is 0 Å². The van der Waals surface area contributed by atoms with E-state index in [1.54, 1.807) is 11.8 Å². The summed E-state index contributed by atoms with van der Waals surface area (Å²) in [5.74, 6) is 0. The number of benzene rings is 1. The Morgan fingerprint density at radius 2 is 2.00 bits per heavy atom. The number of rotatable bonds is 6. The number of nitrogens with zero attached hydrogens (tertiary/aromatic N) is 1. The van der Waals surface area contributed by atoms with E-state index in [0.717, 1.165) is 35.3 Å². The fourth-order valence-corrected chi connectivity index (χ4v) is 3.49. The van der Waals surface area contributed by atoms with Gasteiger partial charge in [0.15, 0.2) is 0 Å². The predicted molar refractivity (Wildman–Crippen MR) is 91.3 cm³/mol. The van der Waals surface area contributed by atoms with Crippen molar-refractivity contribution < 1.29 is 0 Å². The first kappa shape index (κ1) is 16.3. The Bertz CT molecular complexity index is 593. The second-order valence-corrected chi connectivity index (χ2v) is 6.65. The van der Waals surface area contributed by atoms with Crippen LogP contribution in [-0.4, -0.2) is 11.5 Å². The van der Waals surface area contributed by atoms with Gasteiger partial charge in [0.1, 0.15) is 5.03 Å². The van der Waals surface area contributed by atoms with Crippen LogP contribution in [0.25, 0.3) is 0 Å². The molecule has 2 rings (SSSR count). The SMILES string of the molecule is CCCNCc1ccc(Cl)cc1Sc1cc(C)cc(C)n1. The third-order valence-electron chi connectivity index (χ3n) is 3.06. The normalized spacial score (nSPS) is 10.9. The molecule has 0 aliphatic heterocycles. The van der Waals surface area contributed by atoms with Crippen molar-refractivity contribution in [3.05, 3.63) is 52.2 Å². The Hall–Kier alpha value is -1.03. The highest BCUT2D eigenvalue weighted by molar-refractivity contribution is 7.99. The fraction of sp³-hybridized carbons (Fsp3) is 0.353. The van der Waals surface area contributed by atoms with Crippen molar-refractivity contribution in [1.82, 2.24) is 10.3 Å². The molecule has 2 nitrogen and oxygen atoms in total. The highest BCUT2D eigenvalue weighted by Crippen LogP contribution is 2.32. The maximum atomic E-state index is 6.15. The second-order valence-electron chi connectivity index (χ2n) is 5.15. The minimum atomic E-state index is 0.765. The molecule has 0 aliphatic rings. The summed E-state index contributed by atoms with van der Waals surface area (Å²) in [6, 6.07) is 10.3. The third kappa shape index (κ3) is 5.03. The van der Waals surface area contributed by atoms with Crippen LogP contribution in [0.4, 0.5) is 0 Å². The van der Waals surface area contributed by atoms with Crippen molar-refractivity contribution in [3.8, 4) is 0 Å². The van der Waals surface area contributed by atoms with Crippen LogP contribution in [0.1, 0.15) is 30.2 Å². The first-order chi connectivity index (χ1) is 10.1. The zero-order chi connectivity index (χ0) is 15.2. The molecule has 21 heavy (non-hydrogen) atoms. The van der Waals surface area contributed by atoms with Gasteiger partial charge in [0, 0.05) is 22.2 Å². The Balaban J connectivity index is 2.22. The number of hydrogen-bond donors (Lipinski definition) is 1. The molecule has 0 unspecified atom stereocenters. The van der Waals surface area contributed by atoms with Crippen LogP contribution < -0.4 is 5.32 Å². The van der Waals surface area contributed by atoms with Crippen LogP contribution in [0.15, 0.2) is 40.3 Å². The van der Waals surface area contributed by atoms with Crippen molar-refractivity contribution in [2.24, 2.45) is 0 Å². The Morgan fingerprint density at radius 1 is 1.19 bits per heavy atom. The summed E-state index contributed by atoms with van der Waals surface area (Å²) in [6.45, 7) is 8.18. The summed E-state index contributed by atoms with van der Waals surface area (Å²) in [5.41, 5.74) is 3.54. The number of hydrogen-bond acceptors (Lipinski definition) is 3. The molecule has 1 aromatic carbocycles. The summed E-state index contributed by atoms with van der Waals surface area (Å²) < 4.78 is 0. The third-order valence-corrected chi connectivity index (χ3v) is 4.31. The van der Waals surface area contributed by atoms with E-state index < -0.39 is 0 Å². The first-order valence-corrected chi connectivity index (χ1v) is 8.40. The van der Waals surface area contributed by atoms with Gasteiger partial charge in [0.25, 0.3) is 0 Å². The van der Waals surface area contributed by atoms with Crippen molar-refractivity contribution in [2.75, 3.05) is 6.54 Å². The molecule has 112 valence electrons. The van der Waals surface area contributed by atoms with Crippen LogP contribution in [0.2, 0.25) is 5.02 Å². The van der Waals surface area contributed by atoms with Gasteiger partial charge >= 0.3 is 0 Å². The van der Waals surface area contributed by atoms with E-state index in [2.05, 4.69) is 42.3 Å². The molecular formula is C17H21ClN2S. The van der Waals surface area contributed by atoms with Gasteiger partial charge in [0.2, 0.25) is 0 Å². The molecule has 0 saturated carbocycles. The van der Waals surface area contributed by atoms with Gasteiger partial charge in [-0.25, -0.2) is 4.98 Å².